The first-order chi connectivity index (χ1) is 5.67. The Labute approximate surface area is 71.7 Å². The lowest BCUT2D eigenvalue weighted by molar-refractivity contribution is -0.149. The molecule has 0 aliphatic rings. The van der Waals surface area contributed by atoms with Crippen molar-refractivity contribution in [1.82, 2.24) is 5.32 Å². The smallest absolute Gasteiger partial charge is 0.325 e. The van der Waals surface area contributed by atoms with Crippen LogP contribution in [0.2, 0.25) is 0 Å². The Balaban J connectivity index is 4.03. The lowest BCUT2D eigenvalue weighted by atomic mass is 10.2. The van der Waals surface area contributed by atoms with Gasteiger partial charge in [0.15, 0.2) is 0 Å². The number of rotatable bonds is 5. The molecule has 0 saturated carbocycles. The molecular formula is C7H15NO4. The molecule has 2 N–H and O–H groups in total. The molecule has 0 amide bonds. The van der Waals surface area contributed by atoms with Crippen molar-refractivity contribution in [3.05, 3.63) is 0 Å². The second-order valence-corrected chi connectivity index (χ2v) is 2.29. The molecule has 12 heavy (non-hydrogen) atoms. The SMILES string of the molecule is CNC(C(=O)OC)[C@H](C)OCO. The summed E-state index contributed by atoms with van der Waals surface area (Å²) in [5, 5.41) is 11.2. The Hall–Kier alpha value is -0.650. The maximum absolute atomic E-state index is 11.0. The summed E-state index contributed by atoms with van der Waals surface area (Å²) < 4.78 is 9.32. The average Bonchev–Trinajstić information content (AvgIpc) is 2.06. The molecule has 0 rings (SSSR count). The van der Waals surface area contributed by atoms with E-state index in [1.807, 2.05) is 0 Å². The third kappa shape index (κ3) is 3.17. The number of esters is 1. The van der Waals surface area contributed by atoms with Gasteiger partial charge in [-0.1, -0.05) is 0 Å². The van der Waals surface area contributed by atoms with Crippen LogP contribution in [0.15, 0.2) is 0 Å². The van der Waals surface area contributed by atoms with Crippen LogP contribution in [0.25, 0.3) is 0 Å². The number of ether oxygens (including phenoxy) is 2. The number of aliphatic hydroxyl groups is 1. The number of aliphatic hydroxyl groups excluding tert-OH is 1. The van der Waals surface area contributed by atoms with E-state index in [4.69, 9.17) is 9.84 Å². The number of methoxy groups -OCH3 is 1. The van der Waals surface area contributed by atoms with Crippen molar-refractivity contribution in [2.24, 2.45) is 0 Å². The van der Waals surface area contributed by atoms with Gasteiger partial charge in [-0.3, -0.25) is 4.79 Å². The Morgan fingerprint density at radius 2 is 2.25 bits per heavy atom. The lowest BCUT2D eigenvalue weighted by Gasteiger charge is -2.20. The van der Waals surface area contributed by atoms with Crippen LogP contribution in [0, 0.1) is 0 Å². The molecule has 0 bridgehead atoms. The molecule has 0 radical (unpaired) electrons. The second-order valence-electron chi connectivity index (χ2n) is 2.29. The van der Waals surface area contributed by atoms with Crippen LogP contribution in [0.1, 0.15) is 6.92 Å². The molecule has 0 aromatic rings. The summed E-state index contributed by atoms with van der Waals surface area (Å²) in [6.45, 7) is 1.27. The van der Waals surface area contributed by atoms with Gasteiger partial charge in [-0.2, -0.15) is 0 Å². The maximum atomic E-state index is 11.0. The number of carbonyl (C=O) groups is 1. The fourth-order valence-corrected chi connectivity index (χ4v) is 0.885. The number of nitrogens with one attached hydrogen (secondary N) is 1. The van der Waals surface area contributed by atoms with E-state index in [2.05, 4.69) is 10.1 Å². The van der Waals surface area contributed by atoms with Crippen LogP contribution in [0.5, 0.6) is 0 Å². The van der Waals surface area contributed by atoms with Crippen LogP contribution >= 0.6 is 0 Å². The molecule has 5 nitrogen and oxygen atoms in total. The minimum Gasteiger partial charge on any atom is -0.468 e. The van der Waals surface area contributed by atoms with E-state index in [0.717, 1.165) is 0 Å². The van der Waals surface area contributed by atoms with Crippen LogP contribution in [0.4, 0.5) is 0 Å². The highest BCUT2D eigenvalue weighted by atomic mass is 16.6. The first-order valence-electron chi connectivity index (χ1n) is 3.65. The standard InChI is InChI=1S/C7H15NO4/c1-5(12-4-9)6(8-2)7(10)11-3/h5-6,8-9H,4H2,1-3H3/t5-,6?/m0/s1. The highest BCUT2D eigenvalue weighted by Gasteiger charge is 2.24. The predicted octanol–water partition coefficient (Wildman–Crippen LogP) is -0.898. The zero-order valence-corrected chi connectivity index (χ0v) is 7.53. The van der Waals surface area contributed by atoms with Crippen molar-refractivity contribution in [2.75, 3.05) is 21.0 Å². The van der Waals surface area contributed by atoms with Crippen molar-refractivity contribution < 1.29 is 19.4 Å². The molecule has 0 heterocycles. The summed E-state index contributed by atoms with van der Waals surface area (Å²) >= 11 is 0. The van der Waals surface area contributed by atoms with Crippen molar-refractivity contribution in [3.8, 4) is 0 Å². The number of carbonyl (C=O) groups excluding carboxylic acids is 1. The Bertz CT molecular complexity index is 139. The molecule has 2 atom stereocenters. The summed E-state index contributed by atoms with van der Waals surface area (Å²) in [6, 6.07) is -0.540. The van der Waals surface area contributed by atoms with Crippen LogP contribution in [-0.4, -0.2) is 44.2 Å². The lowest BCUT2D eigenvalue weighted by Crippen LogP contribution is -2.44. The topological polar surface area (TPSA) is 67.8 Å². The predicted molar refractivity (Wildman–Crippen MR) is 42.5 cm³/mol. The van der Waals surface area contributed by atoms with Gasteiger partial charge >= 0.3 is 5.97 Å². The molecule has 1 unspecified atom stereocenters. The van der Waals surface area contributed by atoms with E-state index >= 15 is 0 Å². The van der Waals surface area contributed by atoms with Gasteiger partial charge < -0.3 is 19.9 Å². The fraction of sp³-hybridized carbons (Fsp3) is 0.857. The average molecular weight is 177 g/mol. The van der Waals surface area contributed by atoms with Crippen molar-refractivity contribution in [2.45, 2.75) is 19.1 Å². The highest BCUT2D eigenvalue weighted by molar-refractivity contribution is 5.76. The van der Waals surface area contributed by atoms with E-state index in [0.29, 0.717) is 0 Å². The molecule has 5 heteroatoms. The summed E-state index contributed by atoms with van der Waals surface area (Å²) in [6.07, 6.45) is -0.410. The van der Waals surface area contributed by atoms with Gasteiger partial charge in [0.2, 0.25) is 0 Å². The molecule has 0 fully saturated rings. The van der Waals surface area contributed by atoms with Crippen LogP contribution in [0.3, 0.4) is 0 Å². The number of likely N-dealkylation sites (N-methyl/N-ethyl adjacent to an activating group) is 1. The normalized spacial score (nSPS) is 15.3. The van der Waals surface area contributed by atoms with Crippen LogP contribution < -0.4 is 5.32 Å². The molecule has 0 spiro atoms. The minimum atomic E-state index is -0.540. The summed E-state index contributed by atoms with van der Waals surface area (Å²) in [5.74, 6) is -0.404. The van der Waals surface area contributed by atoms with Gasteiger partial charge in [-0.25, -0.2) is 0 Å². The maximum Gasteiger partial charge on any atom is 0.325 e. The Kier molecular flexibility index (Phi) is 5.61. The second kappa shape index (κ2) is 5.93. The van der Waals surface area contributed by atoms with Gasteiger partial charge in [0.25, 0.3) is 0 Å². The van der Waals surface area contributed by atoms with Gasteiger partial charge in [0.05, 0.1) is 13.2 Å². The molecule has 0 aliphatic heterocycles. The third-order valence-corrected chi connectivity index (χ3v) is 1.57. The zero-order chi connectivity index (χ0) is 9.56. The Morgan fingerprint density at radius 3 is 2.58 bits per heavy atom. The van der Waals surface area contributed by atoms with E-state index in [9.17, 15) is 4.79 Å². The highest BCUT2D eigenvalue weighted by Crippen LogP contribution is 1.99. The molecule has 0 aromatic carbocycles. The molecule has 0 aliphatic carbocycles. The third-order valence-electron chi connectivity index (χ3n) is 1.57. The molecule has 0 saturated heterocycles. The summed E-state index contributed by atoms with van der Waals surface area (Å²) in [5.41, 5.74) is 0. The number of hydrogen-bond acceptors (Lipinski definition) is 5. The number of hydrogen-bond donors (Lipinski definition) is 2. The zero-order valence-electron chi connectivity index (χ0n) is 7.53. The first kappa shape index (κ1) is 11.4. The van der Waals surface area contributed by atoms with E-state index < -0.39 is 24.9 Å². The van der Waals surface area contributed by atoms with Crippen molar-refractivity contribution in [3.63, 3.8) is 0 Å². The van der Waals surface area contributed by atoms with Crippen LogP contribution in [-0.2, 0) is 14.3 Å². The van der Waals surface area contributed by atoms with Gasteiger partial charge in [0, 0.05) is 0 Å². The van der Waals surface area contributed by atoms with Gasteiger partial charge in [-0.05, 0) is 14.0 Å². The van der Waals surface area contributed by atoms with Gasteiger partial charge in [-0.15, -0.1) is 0 Å². The summed E-state index contributed by atoms with van der Waals surface area (Å²) in [7, 11) is 2.93. The molecular weight excluding hydrogens is 162 g/mol. The van der Waals surface area contributed by atoms with E-state index in [1.165, 1.54) is 7.11 Å². The van der Waals surface area contributed by atoms with Gasteiger partial charge in [0.1, 0.15) is 12.8 Å². The monoisotopic (exact) mass is 177 g/mol. The first-order valence-corrected chi connectivity index (χ1v) is 3.65. The van der Waals surface area contributed by atoms with Crippen molar-refractivity contribution >= 4 is 5.97 Å². The Morgan fingerprint density at radius 1 is 1.67 bits per heavy atom. The van der Waals surface area contributed by atoms with Crippen molar-refractivity contribution in [1.29, 1.82) is 0 Å². The summed E-state index contributed by atoms with van der Waals surface area (Å²) in [4.78, 5) is 11.0. The quantitative estimate of drug-likeness (QED) is 0.421. The largest absolute Gasteiger partial charge is 0.468 e. The minimum absolute atomic E-state index is 0.404. The fourth-order valence-electron chi connectivity index (χ4n) is 0.885. The molecule has 72 valence electrons. The van der Waals surface area contributed by atoms with E-state index in [1.54, 1.807) is 14.0 Å². The molecule has 0 aromatic heterocycles. The van der Waals surface area contributed by atoms with E-state index in [-0.39, 0.29) is 0 Å².